The number of rotatable bonds is 6. The largest absolute Gasteiger partial charge is 0.305 e. The van der Waals surface area contributed by atoms with Crippen LogP contribution in [-0.2, 0) is 19.3 Å². The van der Waals surface area contributed by atoms with Crippen molar-refractivity contribution in [3.05, 3.63) is 36.2 Å². The van der Waals surface area contributed by atoms with Crippen molar-refractivity contribution in [1.82, 2.24) is 35.0 Å². The molecule has 22 heavy (non-hydrogen) atoms. The lowest BCUT2D eigenvalue weighted by molar-refractivity contribution is 0.564. The third-order valence-corrected chi connectivity index (χ3v) is 4.25. The van der Waals surface area contributed by atoms with Crippen LogP contribution >= 0.6 is 11.8 Å². The lowest BCUT2D eigenvalue weighted by atomic mass is 10.2. The Hall–Kier alpha value is -2.22. The molecule has 0 spiro atoms. The summed E-state index contributed by atoms with van der Waals surface area (Å²) in [6.07, 6.45) is 1.00. The molecule has 0 bridgehead atoms. The van der Waals surface area contributed by atoms with Gasteiger partial charge in [-0.25, -0.2) is 4.68 Å². The van der Waals surface area contributed by atoms with Crippen LogP contribution in [0.4, 0.5) is 0 Å². The zero-order valence-electron chi connectivity index (χ0n) is 12.5. The molecular formula is C14H17N7S. The molecule has 8 heteroatoms. The molecular weight excluding hydrogens is 298 g/mol. The minimum absolute atomic E-state index is 0.674. The van der Waals surface area contributed by atoms with Crippen molar-refractivity contribution in [1.29, 1.82) is 0 Å². The van der Waals surface area contributed by atoms with Gasteiger partial charge in [-0.15, -0.1) is 15.3 Å². The first kappa shape index (κ1) is 14.7. The van der Waals surface area contributed by atoms with Crippen molar-refractivity contribution in [3.8, 4) is 11.4 Å². The summed E-state index contributed by atoms with van der Waals surface area (Å²) in [5.41, 5.74) is 1.06. The van der Waals surface area contributed by atoms with Gasteiger partial charge < -0.3 is 4.57 Å². The summed E-state index contributed by atoms with van der Waals surface area (Å²) in [5.74, 6) is 2.39. The van der Waals surface area contributed by atoms with Gasteiger partial charge >= 0.3 is 0 Å². The van der Waals surface area contributed by atoms with E-state index >= 15 is 0 Å². The predicted molar refractivity (Wildman–Crippen MR) is 84.1 cm³/mol. The van der Waals surface area contributed by atoms with E-state index in [1.165, 1.54) is 0 Å². The third kappa shape index (κ3) is 3.01. The Morgan fingerprint density at radius 1 is 1.09 bits per heavy atom. The Kier molecular flexibility index (Phi) is 4.47. The summed E-state index contributed by atoms with van der Waals surface area (Å²) in [6.45, 7) is 2.93. The van der Waals surface area contributed by atoms with Gasteiger partial charge in [0.15, 0.2) is 16.8 Å². The van der Waals surface area contributed by atoms with E-state index in [0.29, 0.717) is 5.75 Å². The Morgan fingerprint density at radius 2 is 1.91 bits per heavy atom. The first-order valence-corrected chi connectivity index (χ1v) is 8.10. The normalized spacial score (nSPS) is 11.0. The maximum Gasteiger partial charge on any atom is 0.191 e. The Bertz CT molecular complexity index is 735. The summed E-state index contributed by atoms with van der Waals surface area (Å²) in [4.78, 5) is 0. The highest BCUT2D eigenvalue weighted by Gasteiger charge is 2.13. The molecule has 0 aliphatic carbocycles. The van der Waals surface area contributed by atoms with Crippen LogP contribution in [0.5, 0.6) is 0 Å². The fourth-order valence-electron chi connectivity index (χ4n) is 2.12. The number of aryl methyl sites for hydroxylation is 1. The van der Waals surface area contributed by atoms with E-state index in [2.05, 4.69) is 32.6 Å². The van der Waals surface area contributed by atoms with Crippen LogP contribution in [0.3, 0.4) is 0 Å². The molecule has 0 aliphatic heterocycles. The zero-order chi connectivity index (χ0) is 15.4. The summed E-state index contributed by atoms with van der Waals surface area (Å²) < 4.78 is 3.83. The molecule has 0 N–H and O–H groups in total. The van der Waals surface area contributed by atoms with Crippen molar-refractivity contribution < 1.29 is 0 Å². The van der Waals surface area contributed by atoms with E-state index < -0.39 is 0 Å². The lowest BCUT2D eigenvalue weighted by Gasteiger charge is -2.04. The summed E-state index contributed by atoms with van der Waals surface area (Å²) in [6, 6.07) is 10.0. The molecule has 114 valence electrons. The third-order valence-electron chi connectivity index (χ3n) is 3.24. The van der Waals surface area contributed by atoms with Crippen LogP contribution in [0.2, 0.25) is 0 Å². The topological polar surface area (TPSA) is 74.3 Å². The van der Waals surface area contributed by atoms with Gasteiger partial charge in [-0.2, -0.15) is 0 Å². The maximum absolute atomic E-state index is 4.28. The van der Waals surface area contributed by atoms with E-state index in [0.717, 1.165) is 35.3 Å². The van der Waals surface area contributed by atoms with Crippen molar-refractivity contribution >= 4 is 11.8 Å². The van der Waals surface area contributed by atoms with Crippen LogP contribution in [0.1, 0.15) is 19.2 Å². The quantitative estimate of drug-likeness (QED) is 0.649. The molecule has 0 radical (unpaired) electrons. The van der Waals surface area contributed by atoms with Gasteiger partial charge in [0.1, 0.15) is 0 Å². The highest BCUT2D eigenvalue weighted by atomic mass is 32.2. The Morgan fingerprint density at radius 3 is 2.68 bits per heavy atom. The molecule has 0 aliphatic rings. The molecule has 2 heterocycles. The van der Waals surface area contributed by atoms with Gasteiger partial charge in [-0.3, -0.25) is 0 Å². The van der Waals surface area contributed by atoms with Gasteiger partial charge in [-0.05, 0) is 16.8 Å². The summed E-state index contributed by atoms with van der Waals surface area (Å²) in [5, 5.41) is 21.2. The first-order valence-electron chi connectivity index (χ1n) is 7.12. The molecule has 0 atom stereocenters. The number of thioether (sulfide) groups is 1. The molecule has 0 unspecified atom stereocenters. The fourth-order valence-corrected chi connectivity index (χ4v) is 2.96. The van der Waals surface area contributed by atoms with Crippen molar-refractivity contribution in [2.24, 2.45) is 7.05 Å². The monoisotopic (exact) mass is 315 g/mol. The second kappa shape index (κ2) is 6.69. The highest BCUT2D eigenvalue weighted by molar-refractivity contribution is 7.98. The Balaban J connectivity index is 1.74. The average Bonchev–Trinajstić information content (AvgIpc) is 3.13. The zero-order valence-corrected chi connectivity index (χ0v) is 13.4. The minimum atomic E-state index is 0.674. The molecule has 3 rings (SSSR count). The second-order valence-corrected chi connectivity index (χ2v) is 5.78. The molecule has 7 nitrogen and oxygen atoms in total. The number of aromatic nitrogens is 7. The van der Waals surface area contributed by atoms with Crippen LogP contribution in [0.15, 0.2) is 35.5 Å². The number of tetrazole rings is 1. The van der Waals surface area contributed by atoms with Crippen molar-refractivity contribution in [3.63, 3.8) is 0 Å². The molecule has 0 saturated carbocycles. The van der Waals surface area contributed by atoms with Crippen LogP contribution in [0, 0.1) is 0 Å². The van der Waals surface area contributed by atoms with Gasteiger partial charge in [-0.1, -0.05) is 49.0 Å². The van der Waals surface area contributed by atoms with E-state index in [4.69, 9.17) is 0 Å². The van der Waals surface area contributed by atoms with Gasteiger partial charge in [0.2, 0.25) is 0 Å². The number of hydrogen-bond acceptors (Lipinski definition) is 6. The number of hydrogen-bond donors (Lipinski definition) is 0. The van der Waals surface area contributed by atoms with Gasteiger partial charge in [0, 0.05) is 19.2 Å². The van der Waals surface area contributed by atoms with Crippen molar-refractivity contribution in [2.75, 3.05) is 0 Å². The average molecular weight is 315 g/mol. The van der Waals surface area contributed by atoms with Crippen LogP contribution < -0.4 is 0 Å². The van der Waals surface area contributed by atoms with Gasteiger partial charge in [0.25, 0.3) is 0 Å². The molecule has 0 saturated heterocycles. The molecule has 0 fully saturated rings. The maximum atomic E-state index is 4.28. The smallest absolute Gasteiger partial charge is 0.191 e. The highest BCUT2D eigenvalue weighted by Crippen LogP contribution is 2.24. The number of nitrogens with zero attached hydrogens (tertiary/aromatic N) is 7. The summed E-state index contributed by atoms with van der Waals surface area (Å²) >= 11 is 1.59. The molecule has 1 aromatic carbocycles. The van der Waals surface area contributed by atoms with E-state index in [1.807, 2.05) is 46.6 Å². The molecule has 2 aromatic heterocycles. The van der Waals surface area contributed by atoms with Crippen LogP contribution in [0.25, 0.3) is 11.4 Å². The van der Waals surface area contributed by atoms with E-state index in [-0.39, 0.29) is 0 Å². The first-order chi connectivity index (χ1) is 10.8. The molecule has 0 amide bonds. The van der Waals surface area contributed by atoms with E-state index in [9.17, 15) is 0 Å². The standard InChI is InChI=1S/C14H17N7S/c1-3-9-21-12(15-18-19-21)10-22-14-17-16-13(20(14)2)11-7-5-4-6-8-11/h4-8H,3,9-10H2,1-2H3. The molecule has 3 aromatic rings. The van der Waals surface area contributed by atoms with Crippen molar-refractivity contribution in [2.45, 2.75) is 30.8 Å². The van der Waals surface area contributed by atoms with Gasteiger partial charge in [0.05, 0.1) is 5.75 Å². The lowest BCUT2D eigenvalue weighted by Crippen LogP contribution is -2.04. The summed E-state index contributed by atoms with van der Waals surface area (Å²) in [7, 11) is 1.97. The SMILES string of the molecule is CCCn1nnnc1CSc1nnc(-c2ccccc2)n1C. The number of benzene rings is 1. The Labute approximate surface area is 132 Å². The fraction of sp³-hybridized carbons (Fsp3) is 0.357. The van der Waals surface area contributed by atoms with E-state index in [1.54, 1.807) is 11.8 Å². The predicted octanol–water partition coefficient (Wildman–Crippen LogP) is 2.17. The second-order valence-electron chi connectivity index (χ2n) is 4.84. The van der Waals surface area contributed by atoms with Crippen LogP contribution in [-0.4, -0.2) is 35.0 Å². The minimum Gasteiger partial charge on any atom is -0.305 e.